The number of rotatable bonds is 18. The number of carboxylic acid groups (broad SMARTS) is 1. The summed E-state index contributed by atoms with van der Waals surface area (Å²) in [5, 5.41) is 22.3. The fraction of sp³-hybridized carbons (Fsp3) is 0.392. The molecule has 0 saturated heterocycles. The Kier molecular flexibility index (Phi) is 31.8. The molecule has 0 aromatic heterocycles. The maximum Gasteiger partial charge on any atom is 0.573 e. The monoisotopic (exact) mass is 1470 g/mol. The summed E-state index contributed by atoms with van der Waals surface area (Å²) in [6, 6.07) is 46.8. The first-order valence-electron chi connectivity index (χ1n) is 31.9. The number of esters is 2. The van der Waals surface area contributed by atoms with E-state index in [1.807, 2.05) is 120 Å². The highest BCUT2D eigenvalue weighted by molar-refractivity contribution is 7.97. The van der Waals surface area contributed by atoms with Crippen molar-refractivity contribution < 1.29 is 111 Å². The van der Waals surface area contributed by atoms with Crippen LogP contribution in [0.1, 0.15) is 178 Å². The van der Waals surface area contributed by atoms with E-state index in [0.29, 0.717) is 23.5 Å². The predicted molar refractivity (Wildman–Crippen MR) is 361 cm³/mol. The number of aromatic hydroxyl groups is 1. The van der Waals surface area contributed by atoms with E-state index in [1.54, 1.807) is 18.2 Å². The van der Waals surface area contributed by atoms with Crippen molar-refractivity contribution in [2.24, 2.45) is 5.41 Å². The van der Waals surface area contributed by atoms with Gasteiger partial charge in [0.05, 0.1) is 27.4 Å². The van der Waals surface area contributed by atoms with Crippen LogP contribution in [0, 0.1) is 22.9 Å². The molecule has 7 aromatic rings. The average Bonchev–Trinajstić information content (AvgIpc) is 1.12. The third-order valence-electron chi connectivity index (χ3n) is 16.8. The minimum atomic E-state index is -6.72. The van der Waals surface area contributed by atoms with E-state index in [-0.39, 0.29) is 39.0 Å². The average molecular weight is 1470 g/mol. The molecule has 2 atom stereocenters. The Bertz CT molecular complexity index is 3830. The van der Waals surface area contributed by atoms with Crippen molar-refractivity contribution in [3.8, 4) is 17.2 Å². The van der Waals surface area contributed by atoms with Crippen molar-refractivity contribution in [2.75, 3.05) is 5.73 Å². The summed E-state index contributed by atoms with van der Waals surface area (Å²) in [5.41, 5.74) is 9.05. The van der Waals surface area contributed by atoms with Gasteiger partial charge in [0.2, 0.25) is 0 Å². The van der Waals surface area contributed by atoms with Crippen LogP contribution in [0.5, 0.6) is 17.2 Å². The maximum absolute atomic E-state index is 13.3. The van der Waals surface area contributed by atoms with Crippen LogP contribution in [-0.4, -0.2) is 70.6 Å². The summed E-state index contributed by atoms with van der Waals surface area (Å²) in [5.74, 6) is -10.6. The third-order valence-corrected chi connectivity index (χ3v) is 19.9. The van der Waals surface area contributed by atoms with Crippen molar-refractivity contribution >= 4 is 50.3 Å². The molecule has 1 saturated carbocycles. The summed E-state index contributed by atoms with van der Waals surface area (Å²) in [6.07, 6.45) is -6.81. The number of nitrogen functional groups attached to an aromatic ring is 1. The van der Waals surface area contributed by atoms with Gasteiger partial charge in [-0.15, -0.1) is 13.2 Å². The van der Waals surface area contributed by atoms with Gasteiger partial charge in [0, 0.05) is 0 Å². The summed E-state index contributed by atoms with van der Waals surface area (Å²) in [6.45, 7) is 24.7. The number of halogens is 11. The summed E-state index contributed by atoms with van der Waals surface area (Å²) in [7, 11) is -7.11. The number of phenolic OH excluding ortho intramolecular Hbond substituents is 1. The number of ether oxygens (including phenoxy) is 3. The molecule has 0 amide bonds. The van der Waals surface area contributed by atoms with E-state index in [4.69, 9.17) is 14.9 Å². The van der Waals surface area contributed by atoms with Gasteiger partial charge in [-0.2, -0.15) is 22.0 Å². The Labute approximate surface area is 585 Å². The van der Waals surface area contributed by atoms with Crippen LogP contribution >= 0.6 is 0 Å². The Morgan fingerprint density at radius 2 is 1.11 bits per heavy atom. The van der Waals surface area contributed by atoms with Crippen LogP contribution in [0.2, 0.25) is 0 Å². The number of alkyl halides is 8. The normalized spacial score (nSPS) is 13.6. The zero-order valence-corrected chi connectivity index (χ0v) is 59.7. The molecule has 14 nitrogen and oxygen atoms in total. The van der Waals surface area contributed by atoms with Crippen molar-refractivity contribution in [1.29, 1.82) is 0 Å². The van der Waals surface area contributed by atoms with Gasteiger partial charge in [-0.25, -0.2) is 31.2 Å². The van der Waals surface area contributed by atoms with Crippen molar-refractivity contribution in [2.45, 2.75) is 195 Å². The van der Waals surface area contributed by atoms with E-state index < -0.39 is 86.0 Å². The maximum atomic E-state index is 13.3. The highest BCUT2D eigenvalue weighted by Gasteiger charge is 2.63. The summed E-state index contributed by atoms with van der Waals surface area (Å²) >= 11 is 0. The van der Waals surface area contributed by atoms with Crippen LogP contribution in [0.25, 0.3) is 0 Å². The largest absolute Gasteiger partial charge is 0.870 e. The van der Waals surface area contributed by atoms with E-state index >= 15 is 0 Å². The van der Waals surface area contributed by atoms with Gasteiger partial charge in [-0.3, -0.25) is 4.79 Å². The Balaban J connectivity index is 0.000000325. The molecular weight excluding hydrogens is 1380 g/mol. The number of quaternary nitrogens is 1. The van der Waals surface area contributed by atoms with Gasteiger partial charge in [0.25, 0.3) is 6.10 Å². The highest BCUT2D eigenvalue weighted by atomic mass is 32.2. The van der Waals surface area contributed by atoms with Gasteiger partial charge in [-0.1, -0.05) is 141 Å². The number of aromatic carboxylic acids is 1. The van der Waals surface area contributed by atoms with Crippen molar-refractivity contribution in [1.82, 2.24) is 0 Å². The lowest BCUT2D eigenvalue weighted by molar-refractivity contribution is -0.275. The van der Waals surface area contributed by atoms with Crippen molar-refractivity contribution in [3.05, 3.63) is 203 Å². The second-order valence-electron chi connectivity index (χ2n) is 25.6. The number of anilines is 1. The van der Waals surface area contributed by atoms with Crippen LogP contribution in [0.4, 0.5) is 59.7 Å². The van der Waals surface area contributed by atoms with Crippen LogP contribution < -0.4 is 21.3 Å². The molecule has 101 heavy (non-hydrogen) atoms. The number of carbonyl (C=O) groups excluding carboxylic acids is 2. The topological polar surface area (TPSA) is 253 Å². The van der Waals surface area contributed by atoms with Gasteiger partial charge in [0.1, 0.15) is 34.3 Å². The molecule has 8 rings (SSSR count). The molecule has 0 aliphatic heterocycles. The number of benzene rings is 7. The zero-order valence-electron chi connectivity index (χ0n) is 58.1. The smallest absolute Gasteiger partial charge is 0.573 e. The predicted octanol–water partition coefficient (Wildman–Crippen LogP) is 18.2. The number of carboxylic acids is 1. The molecule has 0 bridgehead atoms. The van der Waals surface area contributed by atoms with E-state index in [9.17, 15) is 80.8 Å². The molecule has 0 spiro atoms. The van der Waals surface area contributed by atoms with Gasteiger partial charge < -0.3 is 45.6 Å². The standard InChI is InChI=1S/C19H14F3OS.C15H17F5O5S.C12H22O2.C11H17N.C10H14O.C7H4F3NO3/c20-19(21,22)23-15-11-13-18(14-12-15)24(16-7-3-1-4-8-16)17-9-5-2-6-10-17;1-4-13(2,3)10-7-5-9(6-8-10)11(21)25-12(14(16,17)18)15(19,20)26(22,23)24;1-5-11(2,3)10(13)14-12(4)8-6-7-9-12;1-4-11(2,3)9-5-7-10(12)8-6-9;1-3-8(2)9-5-4-6-10(11)7-9;8-2-1(7(13)14)6(12)4(10)5(11)3(2)9/h1-14H;5-8,12H,4H2,1-3H3,(H,22,23,24);5-9H2,1-4H3;5-8H,4,12H2,1-3H3;4-8,11H,3H2,1-2H3;12H,11H2,(H,13,14)/q+1;;;;;/p-1. The third kappa shape index (κ3) is 25.9. The Morgan fingerprint density at radius 1 is 0.653 bits per heavy atom. The number of nitrogens with two attached hydrogens (primary N) is 1. The number of hydrogen-bond donors (Lipinski definition) is 4. The first-order valence-corrected chi connectivity index (χ1v) is 34.5. The molecule has 7 N–H and O–H groups in total. The minimum Gasteiger partial charge on any atom is -0.870 e. The molecule has 0 heterocycles. The first-order chi connectivity index (χ1) is 46.6. The molecule has 1 aliphatic carbocycles. The number of phenols is 1. The molecular formula is C74H87F11N2O12S2. The highest BCUT2D eigenvalue weighted by Crippen LogP contribution is 2.40. The molecule has 0 radical (unpaired) electrons. The molecule has 554 valence electrons. The Morgan fingerprint density at radius 3 is 1.50 bits per heavy atom. The quantitative estimate of drug-likeness (QED) is 0.0156. The van der Waals surface area contributed by atoms with Crippen molar-refractivity contribution in [3.63, 3.8) is 0 Å². The van der Waals surface area contributed by atoms with Crippen LogP contribution in [0.15, 0.2) is 172 Å². The molecule has 1 aliphatic rings. The van der Waals surface area contributed by atoms with Gasteiger partial charge >= 0.3 is 35.7 Å². The second kappa shape index (κ2) is 37.0. The number of hydrogen-bond acceptors (Lipinski definition) is 12. The summed E-state index contributed by atoms with van der Waals surface area (Å²) in [4.78, 5) is 37.0. The summed E-state index contributed by atoms with van der Waals surface area (Å²) < 4.78 is 184. The fourth-order valence-corrected chi connectivity index (χ4v) is 11.5. The Hall–Kier alpha value is -8.40. The fourth-order valence-electron chi connectivity index (χ4n) is 9.00. The molecule has 7 aromatic carbocycles. The second-order valence-corrected chi connectivity index (χ2v) is 29.1. The molecule has 1 fully saturated rings. The molecule has 27 heteroatoms. The van der Waals surface area contributed by atoms with Gasteiger partial charge in [0.15, 0.2) is 36.4 Å². The SMILES string of the molecule is CCC(C)(C)C(=O)OC1(C)CCCC1.CCC(C)(C)c1ccc(C(=O)OC(C(F)(F)F)C(F)(F)S(=O)(=O)[O-])cc1.CCC(C)(C)c1ccc([NH3+])cc1.CCC(C)c1cccc(O)c1.FC(F)(F)Oc1ccc([S+](c2ccccc2)c2ccccc2)cc1.Nc1c(F)c([O-])c(C(=O)O)c(F)c1F. The first kappa shape index (κ1) is 86.8. The minimum absolute atomic E-state index is 0.0376. The zero-order chi connectivity index (χ0) is 76.9. The number of carbonyl (C=O) groups is 3. The van der Waals surface area contributed by atoms with E-state index in [2.05, 4.69) is 86.7 Å². The van der Waals surface area contributed by atoms with Crippen LogP contribution in [-0.2, 0) is 46.1 Å². The molecule has 2 unspecified atom stereocenters. The lowest BCUT2D eigenvalue weighted by Crippen LogP contribution is -2.52. The lowest BCUT2D eigenvalue weighted by atomic mass is 9.82. The van der Waals surface area contributed by atoms with Gasteiger partial charge in [-0.05, 0) is 191 Å². The van der Waals surface area contributed by atoms with E-state index in [1.165, 1.54) is 54.7 Å². The van der Waals surface area contributed by atoms with E-state index in [0.717, 1.165) is 63.8 Å². The van der Waals surface area contributed by atoms with Crippen LogP contribution in [0.3, 0.4) is 0 Å². The lowest BCUT2D eigenvalue weighted by Gasteiger charge is -2.29.